The second-order valence-corrected chi connectivity index (χ2v) is 7.41. The second-order valence-electron chi connectivity index (χ2n) is 3.83. The van der Waals surface area contributed by atoms with Crippen molar-refractivity contribution in [2.75, 3.05) is 31.3 Å². The van der Waals surface area contributed by atoms with Crippen molar-refractivity contribution in [1.82, 2.24) is 0 Å². The molecule has 8 heteroatoms. The number of carbonyl (C=O) groups excluding carboxylic acids is 2. The molecule has 0 aromatic heterocycles. The fourth-order valence-corrected chi connectivity index (χ4v) is 5.25. The third-order valence-corrected chi connectivity index (χ3v) is 6.34. The van der Waals surface area contributed by atoms with Gasteiger partial charge in [-0.25, -0.2) is 0 Å². The fourth-order valence-electron chi connectivity index (χ4n) is 1.65. The molecule has 0 saturated carbocycles. The minimum Gasteiger partial charge on any atom is -0.466 e. The lowest BCUT2D eigenvalue weighted by atomic mass is 10.3. The van der Waals surface area contributed by atoms with Gasteiger partial charge in [-0.3, -0.25) is 14.2 Å². The van der Waals surface area contributed by atoms with E-state index in [1.165, 1.54) is 0 Å². The maximum Gasteiger partial charge on any atom is 0.319 e. The first-order valence-electron chi connectivity index (χ1n) is 6.56. The number of alkyl halides is 1. The van der Waals surface area contributed by atoms with Crippen LogP contribution in [0.15, 0.2) is 0 Å². The Morgan fingerprint density at radius 1 is 1.10 bits per heavy atom. The molecule has 0 fully saturated rings. The summed E-state index contributed by atoms with van der Waals surface area (Å²) in [7, 11) is -3.32. The van der Waals surface area contributed by atoms with E-state index in [0.29, 0.717) is 5.33 Å². The Morgan fingerprint density at radius 2 is 1.70 bits per heavy atom. The molecule has 20 heavy (non-hydrogen) atoms. The molecule has 0 aromatic carbocycles. The number of carbonyl (C=O) groups is 2. The lowest BCUT2D eigenvalue weighted by Crippen LogP contribution is -2.29. The number of halogens is 1. The molecule has 2 unspecified atom stereocenters. The first kappa shape index (κ1) is 19.6. The molecular weight excluding hydrogens is 351 g/mol. The minimum absolute atomic E-state index is 0.151. The number of hydrogen-bond acceptors (Lipinski definition) is 6. The SMILES string of the molecule is CCOC(=O)CC(C(=O)OCC)P(=O)(CCBr)OCC. The van der Waals surface area contributed by atoms with Crippen LogP contribution in [0.3, 0.4) is 0 Å². The topological polar surface area (TPSA) is 78.9 Å². The zero-order valence-electron chi connectivity index (χ0n) is 12.1. The molecule has 0 heterocycles. The lowest BCUT2D eigenvalue weighted by Gasteiger charge is -2.24. The molecule has 6 nitrogen and oxygen atoms in total. The van der Waals surface area contributed by atoms with Crippen molar-refractivity contribution in [3.63, 3.8) is 0 Å². The third-order valence-electron chi connectivity index (χ3n) is 2.44. The Balaban J connectivity index is 5.19. The van der Waals surface area contributed by atoms with E-state index in [-0.39, 0.29) is 32.4 Å². The van der Waals surface area contributed by atoms with Gasteiger partial charge < -0.3 is 14.0 Å². The first-order valence-corrected chi connectivity index (χ1v) is 9.56. The Kier molecular flexibility index (Phi) is 10.2. The smallest absolute Gasteiger partial charge is 0.319 e. The summed E-state index contributed by atoms with van der Waals surface area (Å²) in [6.45, 7) is 5.55. The summed E-state index contributed by atoms with van der Waals surface area (Å²) in [6, 6.07) is 0. The summed E-state index contributed by atoms with van der Waals surface area (Å²) in [6.07, 6.45) is -0.138. The third kappa shape index (κ3) is 6.37. The van der Waals surface area contributed by atoms with Gasteiger partial charge in [0.1, 0.15) is 5.66 Å². The zero-order chi connectivity index (χ0) is 15.6. The van der Waals surface area contributed by atoms with Crippen LogP contribution in [-0.4, -0.2) is 48.9 Å². The van der Waals surface area contributed by atoms with E-state index in [9.17, 15) is 14.2 Å². The Bertz CT molecular complexity index is 350. The van der Waals surface area contributed by atoms with Gasteiger partial charge in [-0.2, -0.15) is 0 Å². The molecule has 0 aliphatic heterocycles. The Labute approximate surface area is 128 Å². The molecular formula is C12H22BrO6P. The standard InChI is InChI=1S/C12H22BrO6P/c1-4-17-11(14)9-10(12(15)18-5-2)20(16,8-7-13)19-6-3/h10H,4-9H2,1-3H3. The molecule has 0 N–H and O–H groups in total. The predicted molar refractivity (Wildman–Crippen MR) is 79.6 cm³/mol. The number of rotatable bonds is 10. The highest BCUT2D eigenvalue weighted by Crippen LogP contribution is 2.53. The lowest BCUT2D eigenvalue weighted by molar-refractivity contribution is -0.149. The van der Waals surface area contributed by atoms with Crippen LogP contribution >= 0.6 is 23.3 Å². The predicted octanol–water partition coefficient (Wildman–Crippen LogP) is 2.58. The van der Waals surface area contributed by atoms with Crippen molar-refractivity contribution in [2.45, 2.75) is 32.9 Å². The quantitative estimate of drug-likeness (QED) is 0.333. The molecule has 0 aromatic rings. The fraction of sp³-hybridized carbons (Fsp3) is 0.833. The molecule has 0 saturated heterocycles. The van der Waals surface area contributed by atoms with Crippen molar-refractivity contribution in [3.05, 3.63) is 0 Å². The van der Waals surface area contributed by atoms with Crippen LogP contribution in [0.4, 0.5) is 0 Å². The van der Waals surface area contributed by atoms with E-state index in [2.05, 4.69) is 15.9 Å². The molecule has 0 bridgehead atoms. The number of esters is 2. The highest BCUT2D eigenvalue weighted by Gasteiger charge is 2.41. The van der Waals surface area contributed by atoms with Crippen molar-refractivity contribution in [3.8, 4) is 0 Å². The molecule has 0 aliphatic carbocycles. The number of ether oxygens (including phenoxy) is 2. The van der Waals surface area contributed by atoms with Crippen molar-refractivity contribution >= 4 is 35.2 Å². The van der Waals surface area contributed by atoms with Gasteiger partial charge in [-0.1, -0.05) is 15.9 Å². The van der Waals surface area contributed by atoms with Crippen LogP contribution in [-0.2, 0) is 28.2 Å². The van der Waals surface area contributed by atoms with Crippen LogP contribution < -0.4 is 0 Å². The maximum absolute atomic E-state index is 12.8. The summed E-state index contributed by atoms with van der Waals surface area (Å²) >= 11 is 3.19. The van der Waals surface area contributed by atoms with Gasteiger partial charge in [0.25, 0.3) is 0 Å². The molecule has 0 amide bonds. The van der Waals surface area contributed by atoms with E-state index in [1.54, 1.807) is 20.8 Å². The van der Waals surface area contributed by atoms with Crippen molar-refractivity contribution < 1.29 is 28.2 Å². The molecule has 0 spiro atoms. The summed E-state index contributed by atoms with van der Waals surface area (Å²) in [5, 5.41) is 0.406. The van der Waals surface area contributed by atoms with E-state index < -0.39 is 25.0 Å². The van der Waals surface area contributed by atoms with E-state index >= 15 is 0 Å². The van der Waals surface area contributed by atoms with Crippen molar-refractivity contribution in [2.24, 2.45) is 0 Å². The maximum atomic E-state index is 12.8. The van der Waals surface area contributed by atoms with Crippen LogP contribution in [0.25, 0.3) is 0 Å². The summed E-state index contributed by atoms with van der Waals surface area (Å²) in [4.78, 5) is 23.6. The largest absolute Gasteiger partial charge is 0.466 e. The van der Waals surface area contributed by atoms with E-state index in [4.69, 9.17) is 14.0 Å². The Hall–Kier alpha value is -0.390. The van der Waals surface area contributed by atoms with Crippen LogP contribution in [0.2, 0.25) is 0 Å². The van der Waals surface area contributed by atoms with Gasteiger partial charge >= 0.3 is 11.9 Å². The molecule has 0 aliphatic rings. The molecule has 2 atom stereocenters. The van der Waals surface area contributed by atoms with E-state index in [0.717, 1.165) is 0 Å². The van der Waals surface area contributed by atoms with Gasteiger partial charge in [0, 0.05) is 11.5 Å². The summed E-state index contributed by atoms with van der Waals surface area (Å²) in [5.74, 6) is -1.27. The average Bonchev–Trinajstić information content (AvgIpc) is 2.37. The highest BCUT2D eigenvalue weighted by atomic mass is 79.9. The summed E-state index contributed by atoms with van der Waals surface area (Å²) in [5.41, 5.74) is -1.11. The van der Waals surface area contributed by atoms with Gasteiger partial charge in [-0.15, -0.1) is 0 Å². The molecule has 118 valence electrons. The monoisotopic (exact) mass is 372 g/mol. The zero-order valence-corrected chi connectivity index (χ0v) is 14.6. The molecule has 0 radical (unpaired) electrons. The van der Waals surface area contributed by atoms with Gasteiger partial charge in [0.2, 0.25) is 7.37 Å². The van der Waals surface area contributed by atoms with Crippen LogP contribution in [0.5, 0.6) is 0 Å². The van der Waals surface area contributed by atoms with Crippen LogP contribution in [0.1, 0.15) is 27.2 Å². The normalized spacial score (nSPS) is 15.2. The average molecular weight is 373 g/mol. The summed E-state index contributed by atoms with van der Waals surface area (Å²) < 4.78 is 27.8. The van der Waals surface area contributed by atoms with Gasteiger partial charge in [0.05, 0.1) is 26.2 Å². The Morgan fingerprint density at radius 3 is 2.15 bits per heavy atom. The van der Waals surface area contributed by atoms with Crippen LogP contribution in [0, 0.1) is 0 Å². The van der Waals surface area contributed by atoms with Crippen molar-refractivity contribution in [1.29, 1.82) is 0 Å². The van der Waals surface area contributed by atoms with Gasteiger partial charge in [0.15, 0.2) is 0 Å². The van der Waals surface area contributed by atoms with Gasteiger partial charge in [-0.05, 0) is 20.8 Å². The highest BCUT2D eigenvalue weighted by molar-refractivity contribution is 9.09. The first-order chi connectivity index (χ1) is 9.45. The van der Waals surface area contributed by atoms with E-state index in [1.807, 2.05) is 0 Å². The molecule has 0 rings (SSSR count). The second kappa shape index (κ2) is 10.4. The minimum atomic E-state index is -3.32. The number of hydrogen-bond donors (Lipinski definition) is 0.